The smallest absolute Gasteiger partial charge is 0.338 e. The molecule has 31 heavy (non-hydrogen) atoms. The summed E-state index contributed by atoms with van der Waals surface area (Å²) in [6, 6.07) is 4.61. The van der Waals surface area contributed by atoms with Gasteiger partial charge in [-0.05, 0) is 55.7 Å². The van der Waals surface area contributed by atoms with Crippen molar-refractivity contribution in [3.8, 4) is 0 Å². The lowest BCUT2D eigenvalue weighted by atomic mass is 9.78. The topological polar surface area (TPSA) is 92.8 Å². The number of ether oxygens (including phenoxy) is 1. The molecule has 1 N–H and O–H groups in total. The molecule has 1 saturated heterocycles. The molecule has 1 aromatic rings. The van der Waals surface area contributed by atoms with Crippen molar-refractivity contribution < 1.29 is 22.7 Å². The Labute approximate surface area is 185 Å². The van der Waals surface area contributed by atoms with Gasteiger partial charge < -0.3 is 10.1 Å². The molecule has 1 saturated carbocycles. The van der Waals surface area contributed by atoms with Gasteiger partial charge in [-0.2, -0.15) is 4.31 Å². The summed E-state index contributed by atoms with van der Waals surface area (Å²) < 4.78 is 32.7. The van der Waals surface area contributed by atoms with Crippen molar-refractivity contribution in [1.82, 2.24) is 9.62 Å². The summed E-state index contributed by atoms with van der Waals surface area (Å²) in [5.41, 5.74) is 0.717. The Morgan fingerprint density at radius 2 is 1.81 bits per heavy atom. The first-order valence-corrected chi connectivity index (χ1v) is 12.7. The summed E-state index contributed by atoms with van der Waals surface area (Å²) >= 11 is 0. The van der Waals surface area contributed by atoms with Gasteiger partial charge in [-0.3, -0.25) is 4.79 Å². The molecule has 0 radical (unpaired) electrons. The van der Waals surface area contributed by atoms with Crippen molar-refractivity contribution in [2.24, 2.45) is 11.8 Å². The number of piperidine rings is 1. The lowest BCUT2D eigenvalue weighted by Gasteiger charge is -2.34. The van der Waals surface area contributed by atoms with Gasteiger partial charge in [0, 0.05) is 19.1 Å². The van der Waals surface area contributed by atoms with Crippen molar-refractivity contribution in [3.63, 3.8) is 0 Å². The average molecular weight is 451 g/mol. The highest BCUT2D eigenvalue weighted by Crippen LogP contribution is 2.29. The van der Waals surface area contributed by atoms with E-state index in [0.29, 0.717) is 30.5 Å². The van der Waals surface area contributed by atoms with Crippen molar-refractivity contribution in [1.29, 1.82) is 0 Å². The standard InChI is InChI=1S/C23H34N2O5S/c1-16-8-7-9-20(18(16)3)24-22(26)15-30-23(27)19-11-10-17(2)21(14-19)31(28,29)25-12-5-4-6-13-25/h10-11,14,16,18,20H,4-9,12-13,15H2,1-3H3,(H,24,26)/t16-,18-,20-/m1/s1. The van der Waals surface area contributed by atoms with Crippen LogP contribution in [0.1, 0.15) is 68.3 Å². The maximum absolute atomic E-state index is 13.0. The van der Waals surface area contributed by atoms with Crippen molar-refractivity contribution in [3.05, 3.63) is 29.3 Å². The Hall–Kier alpha value is -1.93. The predicted molar refractivity (Wildman–Crippen MR) is 118 cm³/mol. The van der Waals surface area contributed by atoms with E-state index in [4.69, 9.17) is 4.74 Å². The number of amides is 1. The SMILES string of the molecule is Cc1ccc(C(=O)OCC(=O)N[C@@H]2CCC[C@@H](C)[C@H]2C)cc1S(=O)(=O)N1CCCCC1. The van der Waals surface area contributed by atoms with Gasteiger partial charge >= 0.3 is 5.97 Å². The third-order valence-electron chi connectivity index (χ3n) is 6.74. The highest BCUT2D eigenvalue weighted by molar-refractivity contribution is 7.89. The number of esters is 1. The number of sulfonamides is 1. The maximum Gasteiger partial charge on any atom is 0.338 e. The number of carbonyl (C=O) groups is 2. The monoisotopic (exact) mass is 450 g/mol. The zero-order valence-corrected chi connectivity index (χ0v) is 19.5. The molecule has 1 amide bonds. The van der Waals surface area contributed by atoms with E-state index in [0.717, 1.165) is 32.1 Å². The fourth-order valence-corrected chi connectivity index (χ4v) is 6.27. The molecule has 0 spiro atoms. The van der Waals surface area contributed by atoms with E-state index in [-0.39, 0.29) is 29.0 Å². The molecular weight excluding hydrogens is 416 g/mol. The Bertz CT molecular complexity index is 909. The average Bonchev–Trinajstić information content (AvgIpc) is 2.76. The molecule has 0 bridgehead atoms. The molecule has 1 aliphatic heterocycles. The molecule has 2 aliphatic rings. The Balaban J connectivity index is 1.63. The lowest BCUT2D eigenvalue weighted by Crippen LogP contribution is -2.45. The van der Waals surface area contributed by atoms with Gasteiger partial charge in [0.2, 0.25) is 10.0 Å². The van der Waals surface area contributed by atoms with Gasteiger partial charge in [-0.1, -0.05) is 39.2 Å². The van der Waals surface area contributed by atoms with Crippen LogP contribution in [0, 0.1) is 18.8 Å². The number of nitrogens with one attached hydrogen (secondary N) is 1. The second-order valence-corrected chi connectivity index (χ2v) is 10.9. The molecule has 2 fully saturated rings. The second kappa shape index (κ2) is 10.1. The third-order valence-corrected chi connectivity index (χ3v) is 8.78. The normalized spacial score (nSPS) is 25.1. The van der Waals surface area contributed by atoms with Crippen LogP contribution in [0.25, 0.3) is 0 Å². The summed E-state index contributed by atoms with van der Waals surface area (Å²) in [6.07, 6.45) is 5.88. The highest BCUT2D eigenvalue weighted by Gasteiger charge is 2.30. The van der Waals surface area contributed by atoms with E-state index < -0.39 is 16.0 Å². The molecular formula is C23H34N2O5S. The summed E-state index contributed by atoms with van der Waals surface area (Å²) in [5, 5.41) is 2.97. The van der Waals surface area contributed by atoms with Crippen molar-refractivity contribution in [2.75, 3.05) is 19.7 Å². The minimum atomic E-state index is -3.66. The fourth-order valence-electron chi connectivity index (χ4n) is 4.50. The number of carbonyl (C=O) groups excluding carboxylic acids is 2. The molecule has 0 aromatic heterocycles. The van der Waals surface area contributed by atoms with Gasteiger partial charge in [0.05, 0.1) is 10.5 Å². The van der Waals surface area contributed by atoms with Crippen LogP contribution in [0.2, 0.25) is 0 Å². The van der Waals surface area contributed by atoms with E-state index in [1.165, 1.54) is 22.9 Å². The third kappa shape index (κ3) is 5.66. The molecule has 0 unspecified atom stereocenters. The Morgan fingerprint density at radius 1 is 1.10 bits per heavy atom. The van der Waals surface area contributed by atoms with Crippen LogP contribution in [-0.2, 0) is 19.6 Å². The van der Waals surface area contributed by atoms with Gasteiger partial charge in [-0.15, -0.1) is 0 Å². The Kier molecular flexibility index (Phi) is 7.75. The van der Waals surface area contributed by atoms with Crippen molar-refractivity contribution in [2.45, 2.75) is 70.2 Å². The number of hydrogen-bond acceptors (Lipinski definition) is 5. The van der Waals surface area contributed by atoms with Gasteiger partial charge in [0.1, 0.15) is 0 Å². The maximum atomic E-state index is 13.0. The molecule has 3 atom stereocenters. The van der Waals surface area contributed by atoms with Crippen LogP contribution in [0.4, 0.5) is 0 Å². The summed E-state index contributed by atoms with van der Waals surface area (Å²) in [5.74, 6) is -0.0923. The number of aryl methyl sites for hydroxylation is 1. The molecule has 8 heteroatoms. The van der Waals surface area contributed by atoms with Gasteiger partial charge in [-0.25, -0.2) is 13.2 Å². The summed E-state index contributed by atoms with van der Waals surface area (Å²) in [4.78, 5) is 24.9. The zero-order chi connectivity index (χ0) is 22.6. The van der Waals surface area contributed by atoms with Crippen LogP contribution >= 0.6 is 0 Å². The quantitative estimate of drug-likeness (QED) is 0.672. The number of rotatable bonds is 6. The van der Waals surface area contributed by atoms with E-state index in [9.17, 15) is 18.0 Å². The van der Waals surface area contributed by atoms with E-state index in [2.05, 4.69) is 19.2 Å². The number of nitrogens with zero attached hydrogens (tertiary/aromatic N) is 1. The first-order valence-electron chi connectivity index (χ1n) is 11.3. The Morgan fingerprint density at radius 3 is 2.52 bits per heavy atom. The first kappa shape index (κ1) is 23.7. The summed E-state index contributed by atoms with van der Waals surface area (Å²) in [7, 11) is -3.66. The second-order valence-electron chi connectivity index (χ2n) is 8.96. The van der Waals surface area contributed by atoms with E-state index in [1.807, 2.05) is 0 Å². The largest absolute Gasteiger partial charge is 0.452 e. The van der Waals surface area contributed by atoms with E-state index >= 15 is 0 Å². The summed E-state index contributed by atoms with van der Waals surface area (Å²) in [6.45, 7) is 6.65. The zero-order valence-electron chi connectivity index (χ0n) is 18.7. The fraction of sp³-hybridized carbons (Fsp3) is 0.652. The number of benzene rings is 1. The lowest BCUT2D eigenvalue weighted by molar-refractivity contribution is -0.125. The molecule has 1 aliphatic carbocycles. The van der Waals surface area contributed by atoms with Crippen LogP contribution in [0.3, 0.4) is 0 Å². The predicted octanol–water partition coefficient (Wildman–Crippen LogP) is 3.27. The van der Waals surface area contributed by atoms with Crippen LogP contribution in [0.5, 0.6) is 0 Å². The molecule has 3 rings (SSSR count). The van der Waals surface area contributed by atoms with Crippen LogP contribution < -0.4 is 5.32 Å². The van der Waals surface area contributed by atoms with E-state index in [1.54, 1.807) is 13.0 Å². The van der Waals surface area contributed by atoms with Crippen molar-refractivity contribution >= 4 is 21.9 Å². The van der Waals surface area contributed by atoms with Crippen LogP contribution in [-0.4, -0.2) is 50.3 Å². The first-order chi connectivity index (χ1) is 14.7. The minimum absolute atomic E-state index is 0.0932. The number of hydrogen-bond donors (Lipinski definition) is 1. The highest BCUT2D eigenvalue weighted by atomic mass is 32.2. The molecule has 7 nitrogen and oxygen atoms in total. The molecule has 1 heterocycles. The molecule has 1 aromatic carbocycles. The van der Waals surface area contributed by atoms with Gasteiger partial charge in [0.25, 0.3) is 5.91 Å². The minimum Gasteiger partial charge on any atom is -0.452 e. The molecule has 172 valence electrons. The van der Waals surface area contributed by atoms with Gasteiger partial charge in [0.15, 0.2) is 6.61 Å². The van der Waals surface area contributed by atoms with Crippen LogP contribution in [0.15, 0.2) is 23.1 Å².